The topological polar surface area (TPSA) is 80.4 Å². The third-order valence-electron chi connectivity index (χ3n) is 4.88. The minimum absolute atomic E-state index is 0.0452. The molecule has 0 radical (unpaired) electrons. The van der Waals surface area contributed by atoms with Crippen molar-refractivity contribution in [3.05, 3.63) is 34.9 Å². The molecule has 1 aliphatic heterocycles. The summed E-state index contributed by atoms with van der Waals surface area (Å²) >= 11 is 0. The molecule has 2 atom stereocenters. The summed E-state index contributed by atoms with van der Waals surface area (Å²) in [7, 11) is -3.12. The van der Waals surface area contributed by atoms with Crippen LogP contribution in [-0.4, -0.2) is 31.6 Å². The second-order valence-electron chi connectivity index (χ2n) is 6.20. The van der Waals surface area contributed by atoms with E-state index in [0.717, 1.165) is 16.7 Å². The zero-order valence-electron chi connectivity index (χ0n) is 12.3. The van der Waals surface area contributed by atoms with Crippen LogP contribution in [-0.2, 0) is 15.4 Å². The monoisotopic (exact) mass is 297 g/mol. The molecule has 2 rings (SSSR count). The van der Waals surface area contributed by atoms with Crippen molar-refractivity contribution in [3.8, 4) is 0 Å². The third kappa shape index (κ3) is 2.38. The smallest absolute Gasteiger partial charge is 0.151 e. The number of rotatable bonds is 3. The molecule has 1 fully saturated rings. The first-order valence-corrected chi connectivity index (χ1v) is 8.66. The van der Waals surface area contributed by atoms with Gasteiger partial charge in [0.05, 0.1) is 17.1 Å². The second kappa shape index (κ2) is 4.83. The number of benzene rings is 1. The van der Waals surface area contributed by atoms with Gasteiger partial charge in [0.15, 0.2) is 9.84 Å². The largest absolute Gasteiger partial charge is 0.385 e. The number of hydrogen-bond donors (Lipinski definition) is 2. The van der Waals surface area contributed by atoms with Crippen LogP contribution in [0.3, 0.4) is 0 Å². The first-order chi connectivity index (χ1) is 9.13. The molecule has 4 nitrogen and oxygen atoms in total. The minimum Gasteiger partial charge on any atom is -0.385 e. The molecular weight excluding hydrogens is 274 g/mol. The standard InChI is InChI=1S/C15H23NO3S/c1-11-4-5-13(8-12(11)2)14(3,17)15(9-16)6-7-20(18,19)10-15/h4-5,8,17H,6-7,9-10,16H2,1-3H3. The molecule has 0 aromatic heterocycles. The van der Waals surface area contributed by atoms with Crippen LogP contribution in [0.5, 0.6) is 0 Å². The second-order valence-corrected chi connectivity index (χ2v) is 8.38. The van der Waals surface area contributed by atoms with Gasteiger partial charge in [-0.25, -0.2) is 8.42 Å². The quantitative estimate of drug-likeness (QED) is 0.880. The Hall–Kier alpha value is -0.910. The molecule has 1 saturated heterocycles. The van der Waals surface area contributed by atoms with Crippen LogP contribution in [0, 0.1) is 19.3 Å². The summed E-state index contributed by atoms with van der Waals surface area (Å²) in [6.07, 6.45) is 0.408. The van der Waals surface area contributed by atoms with E-state index in [1.807, 2.05) is 32.0 Å². The zero-order chi connectivity index (χ0) is 15.2. The number of sulfone groups is 1. The van der Waals surface area contributed by atoms with Crippen molar-refractivity contribution in [1.82, 2.24) is 0 Å². The van der Waals surface area contributed by atoms with E-state index in [0.29, 0.717) is 6.42 Å². The maximum atomic E-state index is 11.8. The van der Waals surface area contributed by atoms with Gasteiger partial charge in [0.1, 0.15) is 0 Å². The Kier molecular flexibility index (Phi) is 3.73. The van der Waals surface area contributed by atoms with Gasteiger partial charge >= 0.3 is 0 Å². The molecule has 20 heavy (non-hydrogen) atoms. The van der Waals surface area contributed by atoms with Crippen molar-refractivity contribution < 1.29 is 13.5 Å². The average molecular weight is 297 g/mol. The summed E-state index contributed by atoms with van der Waals surface area (Å²) in [5, 5.41) is 11.0. The highest BCUT2D eigenvalue weighted by molar-refractivity contribution is 7.91. The van der Waals surface area contributed by atoms with Crippen molar-refractivity contribution in [1.29, 1.82) is 0 Å². The van der Waals surface area contributed by atoms with Gasteiger partial charge in [-0.3, -0.25) is 0 Å². The highest BCUT2D eigenvalue weighted by Gasteiger charge is 2.53. The van der Waals surface area contributed by atoms with Gasteiger partial charge in [-0.05, 0) is 43.9 Å². The lowest BCUT2D eigenvalue weighted by Gasteiger charge is -2.41. The highest BCUT2D eigenvalue weighted by atomic mass is 32.2. The highest BCUT2D eigenvalue weighted by Crippen LogP contribution is 2.47. The number of aliphatic hydroxyl groups is 1. The first kappa shape index (κ1) is 15.5. The number of hydrogen-bond acceptors (Lipinski definition) is 4. The number of nitrogens with two attached hydrogens (primary N) is 1. The summed E-state index contributed by atoms with van der Waals surface area (Å²) < 4.78 is 23.7. The van der Waals surface area contributed by atoms with Crippen molar-refractivity contribution in [3.63, 3.8) is 0 Å². The van der Waals surface area contributed by atoms with E-state index < -0.39 is 20.9 Å². The molecular formula is C15H23NO3S. The van der Waals surface area contributed by atoms with Gasteiger partial charge in [0.2, 0.25) is 0 Å². The van der Waals surface area contributed by atoms with Crippen LogP contribution < -0.4 is 5.73 Å². The molecule has 2 unspecified atom stereocenters. The van der Waals surface area contributed by atoms with Crippen molar-refractivity contribution in [2.24, 2.45) is 11.1 Å². The van der Waals surface area contributed by atoms with Crippen LogP contribution >= 0.6 is 0 Å². The Bertz CT molecular complexity index is 622. The Labute approximate surface area is 120 Å². The summed E-state index contributed by atoms with van der Waals surface area (Å²) in [4.78, 5) is 0. The lowest BCUT2D eigenvalue weighted by molar-refractivity contribution is -0.0583. The maximum Gasteiger partial charge on any atom is 0.151 e. The fourth-order valence-corrected chi connectivity index (χ4v) is 5.24. The van der Waals surface area contributed by atoms with Gasteiger partial charge in [-0.15, -0.1) is 0 Å². The molecule has 0 bridgehead atoms. The van der Waals surface area contributed by atoms with Gasteiger partial charge in [0.25, 0.3) is 0 Å². The Balaban J connectivity index is 2.49. The summed E-state index contributed by atoms with van der Waals surface area (Å²) in [6, 6.07) is 5.75. The third-order valence-corrected chi connectivity index (χ3v) is 6.70. The summed E-state index contributed by atoms with van der Waals surface area (Å²) in [5.41, 5.74) is 6.77. The molecule has 1 aliphatic rings. The molecule has 0 saturated carbocycles. The fraction of sp³-hybridized carbons (Fsp3) is 0.600. The predicted molar refractivity (Wildman–Crippen MR) is 80.2 cm³/mol. The Morgan fingerprint density at radius 1 is 1.35 bits per heavy atom. The fourth-order valence-electron chi connectivity index (χ4n) is 3.01. The Morgan fingerprint density at radius 2 is 2.00 bits per heavy atom. The summed E-state index contributed by atoms with van der Waals surface area (Å²) in [6.45, 7) is 5.83. The van der Waals surface area contributed by atoms with Gasteiger partial charge < -0.3 is 10.8 Å². The van der Waals surface area contributed by atoms with Crippen molar-refractivity contribution in [2.45, 2.75) is 32.8 Å². The van der Waals surface area contributed by atoms with Crippen molar-refractivity contribution >= 4 is 9.84 Å². The number of aryl methyl sites for hydroxylation is 2. The Morgan fingerprint density at radius 3 is 2.45 bits per heavy atom. The van der Waals surface area contributed by atoms with Crippen molar-refractivity contribution in [2.75, 3.05) is 18.1 Å². The zero-order valence-corrected chi connectivity index (χ0v) is 13.1. The lowest BCUT2D eigenvalue weighted by Crippen LogP contribution is -2.49. The molecule has 0 amide bonds. The molecule has 1 aromatic rings. The molecule has 5 heteroatoms. The lowest BCUT2D eigenvalue weighted by atomic mass is 9.68. The minimum atomic E-state index is -3.12. The maximum absolute atomic E-state index is 11.8. The molecule has 112 valence electrons. The molecule has 0 spiro atoms. The van der Waals surface area contributed by atoms with E-state index in [-0.39, 0.29) is 18.1 Å². The van der Waals surface area contributed by atoms with Crippen LogP contribution in [0.15, 0.2) is 18.2 Å². The van der Waals surface area contributed by atoms with Crippen LogP contribution in [0.25, 0.3) is 0 Å². The van der Waals surface area contributed by atoms with Gasteiger partial charge in [0, 0.05) is 12.0 Å². The van der Waals surface area contributed by atoms with Gasteiger partial charge in [-0.1, -0.05) is 18.2 Å². The predicted octanol–water partition coefficient (Wildman–Crippen LogP) is 1.27. The van der Waals surface area contributed by atoms with Crippen LogP contribution in [0.1, 0.15) is 30.0 Å². The summed E-state index contributed by atoms with van der Waals surface area (Å²) in [5.74, 6) is 0.0572. The molecule has 0 aliphatic carbocycles. The van der Waals surface area contributed by atoms with Crippen LogP contribution in [0.4, 0.5) is 0 Å². The SMILES string of the molecule is Cc1ccc(C(C)(O)C2(CN)CCS(=O)(=O)C2)cc1C. The van der Waals surface area contributed by atoms with E-state index in [2.05, 4.69) is 0 Å². The van der Waals surface area contributed by atoms with E-state index in [1.54, 1.807) is 6.92 Å². The van der Waals surface area contributed by atoms with E-state index in [4.69, 9.17) is 5.73 Å². The molecule has 3 N–H and O–H groups in total. The molecule has 1 aromatic carbocycles. The van der Waals surface area contributed by atoms with E-state index in [1.165, 1.54) is 0 Å². The van der Waals surface area contributed by atoms with E-state index in [9.17, 15) is 13.5 Å². The first-order valence-electron chi connectivity index (χ1n) is 6.84. The van der Waals surface area contributed by atoms with Crippen LogP contribution in [0.2, 0.25) is 0 Å². The van der Waals surface area contributed by atoms with Gasteiger partial charge in [-0.2, -0.15) is 0 Å². The normalized spacial score (nSPS) is 28.2. The molecule has 1 heterocycles. The van der Waals surface area contributed by atoms with E-state index >= 15 is 0 Å². The average Bonchev–Trinajstić information content (AvgIpc) is 2.70.